The molecule has 106 valence electrons. The van der Waals surface area contributed by atoms with Crippen LogP contribution in [0.2, 0.25) is 0 Å². The Morgan fingerprint density at radius 1 is 1.35 bits per heavy atom. The summed E-state index contributed by atoms with van der Waals surface area (Å²) in [6.07, 6.45) is 0. The molecule has 1 aromatic carbocycles. The fraction of sp³-hybridized carbons (Fsp3) is 0.333. The molecule has 0 aliphatic carbocycles. The first-order valence-electron chi connectivity index (χ1n) is 6.18. The number of carbonyl (C=O) groups excluding carboxylic acids is 1. The average molecular weight is 354 g/mol. The summed E-state index contributed by atoms with van der Waals surface area (Å²) in [5.41, 5.74) is 1.57. The van der Waals surface area contributed by atoms with Crippen LogP contribution in [0.15, 0.2) is 28.7 Å². The van der Waals surface area contributed by atoms with E-state index >= 15 is 0 Å². The second-order valence-electron chi connectivity index (χ2n) is 5.45. The van der Waals surface area contributed by atoms with E-state index in [4.69, 9.17) is 4.74 Å². The molecule has 5 heteroatoms. The van der Waals surface area contributed by atoms with E-state index in [0.29, 0.717) is 4.88 Å². The van der Waals surface area contributed by atoms with E-state index in [2.05, 4.69) is 20.9 Å². The van der Waals surface area contributed by atoms with Gasteiger partial charge in [-0.05, 0) is 12.1 Å². The van der Waals surface area contributed by atoms with Crippen LogP contribution < -0.4 is 0 Å². The van der Waals surface area contributed by atoms with Gasteiger partial charge in [-0.3, -0.25) is 0 Å². The van der Waals surface area contributed by atoms with Crippen LogP contribution in [0.4, 0.5) is 0 Å². The lowest BCUT2D eigenvalue weighted by atomic mass is 9.91. The van der Waals surface area contributed by atoms with Gasteiger partial charge >= 0.3 is 5.97 Å². The minimum Gasteiger partial charge on any atom is -0.465 e. The van der Waals surface area contributed by atoms with Crippen molar-refractivity contribution in [2.75, 3.05) is 7.11 Å². The Morgan fingerprint density at radius 2 is 2.05 bits per heavy atom. The van der Waals surface area contributed by atoms with Crippen molar-refractivity contribution >= 4 is 33.2 Å². The first kappa shape index (κ1) is 15.2. The molecule has 0 unspecified atom stereocenters. The highest BCUT2D eigenvalue weighted by molar-refractivity contribution is 9.10. The van der Waals surface area contributed by atoms with Crippen LogP contribution in [-0.2, 0) is 10.2 Å². The number of benzene rings is 1. The van der Waals surface area contributed by atoms with Crippen LogP contribution in [0.5, 0.6) is 0 Å². The lowest BCUT2D eigenvalue weighted by Gasteiger charge is -2.16. The van der Waals surface area contributed by atoms with Crippen LogP contribution in [0, 0.1) is 0 Å². The number of carbonyl (C=O) groups is 1. The second kappa shape index (κ2) is 5.66. The van der Waals surface area contributed by atoms with Gasteiger partial charge in [0.15, 0.2) is 0 Å². The van der Waals surface area contributed by atoms with Crippen molar-refractivity contribution in [2.45, 2.75) is 26.2 Å². The van der Waals surface area contributed by atoms with E-state index in [-0.39, 0.29) is 11.4 Å². The van der Waals surface area contributed by atoms with Crippen LogP contribution in [0.1, 0.15) is 36.1 Å². The summed E-state index contributed by atoms with van der Waals surface area (Å²) in [7, 11) is 1.40. The number of thiazole rings is 1. The zero-order valence-electron chi connectivity index (χ0n) is 11.9. The van der Waals surface area contributed by atoms with E-state index in [9.17, 15) is 4.79 Å². The number of rotatable bonds is 2. The molecule has 2 aromatic rings. The van der Waals surface area contributed by atoms with E-state index in [0.717, 1.165) is 20.7 Å². The molecule has 0 atom stereocenters. The second-order valence-corrected chi connectivity index (χ2v) is 7.36. The van der Waals surface area contributed by atoms with Crippen molar-refractivity contribution in [1.82, 2.24) is 4.98 Å². The molecule has 0 bridgehead atoms. The number of ether oxygens (including phenoxy) is 1. The molecule has 0 aliphatic heterocycles. The molecule has 0 aliphatic rings. The van der Waals surface area contributed by atoms with Crippen molar-refractivity contribution < 1.29 is 9.53 Å². The SMILES string of the molecule is COC(=O)c1sc(-c2cccc(Br)c2)nc1C(C)(C)C. The summed E-state index contributed by atoms with van der Waals surface area (Å²) < 4.78 is 5.86. The number of halogens is 1. The van der Waals surface area contributed by atoms with Crippen molar-refractivity contribution in [1.29, 1.82) is 0 Å². The highest BCUT2D eigenvalue weighted by atomic mass is 79.9. The van der Waals surface area contributed by atoms with Crippen LogP contribution in [0.3, 0.4) is 0 Å². The quantitative estimate of drug-likeness (QED) is 0.737. The number of esters is 1. The van der Waals surface area contributed by atoms with Gasteiger partial charge in [0.1, 0.15) is 9.88 Å². The maximum Gasteiger partial charge on any atom is 0.350 e. The van der Waals surface area contributed by atoms with Crippen LogP contribution in [0.25, 0.3) is 10.6 Å². The first-order chi connectivity index (χ1) is 9.32. The molecular formula is C15H16BrNO2S. The summed E-state index contributed by atoms with van der Waals surface area (Å²) in [6, 6.07) is 7.89. The van der Waals surface area contributed by atoms with Crippen molar-refractivity contribution in [3.05, 3.63) is 39.3 Å². The number of methoxy groups -OCH3 is 1. The van der Waals surface area contributed by atoms with Gasteiger partial charge in [0, 0.05) is 15.5 Å². The molecule has 0 radical (unpaired) electrons. The van der Waals surface area contributed by atoms with E-state index in [1.54, 1.807) is 0 Å². The lowest BCUT2D eigenvalue weighted by Crippen LogP contribution is -2.16. The van der Waals surface area contributed by atoms with Gasteiger partial charge in [0.05, 0.1) is 12.8 Å². The molecule has 3 nitrogen and oxygen atoms in total. The zero-order valence-corrected chi connectivity index (χ0v) is 14.3. The smallest absolute Gasteiger partial charge is 0.350 e. The molecular weight excluding hydrogens is 338 g/mol. The normalized spacial score (nSPS) is 11.4. The minimum absolute atomic E-state index is 0.204. The third kappa shape index (κ3) is 3.10. The van der Waals surface area contributed by atoms with E-state index < -0.39 is 0 Å². The van der Waals surface area contributed by atoms with Gasteiger partial charge in [-0.25, -0.2) is 9.78 Å². The highest BCUT2D eigenvalue weighted by Gasteiger charge is 2.28. The predicted molar refractivity (Wildman–Crippen MR) is 85.3 cm³/mol. The Balaban J connectivity index is 2.57. The molecule has 0 saturated heterocycles. The monoisotopic (exact) mass is 353 g/mol. The predicted octanol–water partition coefficient (Wildman–Crippen LogP) is 4.66. The number of nitrogens with zero attached hydrogens (tertiary/aromatic N) is 1. The number of hydrogen-bond donors (Lipinski definition) is 0. The van der Waals surface area contributed by atoms with Crippen molar-refractivity contribution in [3.63, 3.8) is 0 Å². The van der Waals surface area contributed by atoms with Gasteiger partial charge in [-0.2, -0.15) is 0 Å². The Bertz CT molecular complexity index is 644. The summed E-state index contributed by atoms with van der Waals surface area (Å²) in [5.74, 6) is -0.325. The third-order valence-corrected chi connectivity index (χ3v) is 4.36. The summed E-state index contributed by atoms with van der Waals surface area (Å²) in [6.45, 7) is 6.12. The van der Waals surface area contributed by atoms with Crippen molar-refractivity contribution in [2.24, 2.45) is 0 Å². The van der Waals surface area contributed by atoms with Crippen LogP contribution in [-0.4, -0.2) is 18.1 Å². The maximum absolute atomic E-state index is 11.9. The Kier molecular flexibility index (Phi) is 4.30. The minimum atomic E-state index is -0.325. The van der Waals surface area contributed by atoms with Gasteiger partial charge < -0.3 is 4.74 Å². The molecule has 1 heterocycles. The fourth-order valence-corrected chi connectivity index (χ4v) is 3.39. The zero-order chi connectivity index (χ0) is 14.9. The third-order valence-electron chi connectivity index (χ3n) is 2.78. The molecule has 1 aromatic heterocycles. The van der Waals surface area contributed by atoms with Gasteiger partial charge in [0.25, 0.3) is 0 Å². The number of aromatic nitrogens is 1. The Morgan fingerprint density at radius 3 is 2.60 bits per heavy atom. The van der Waals surface area contributed by atoms with Crippen molar-refractivity contribution in [3.8, 4) is 10.6 Å². The Hall–Kier alpha value is -1.20. The standard InChI is InChI=1S/C15H16BrNO2S/c1-15(2,3)12-11(14(18)19-4)20-13(17-12)9-6-5-7-10(16)8-9/h5-8H,1-4H3. The van der Waals surface area contributed by atoms with Gasteiger partial charge in [-0.1, -0.05) is 48.8 Å². The molecule has 0 saturated carbocycles. The van der Waals surface area contributed by atoms with Crippen LogP contribution >= 0.6 is 27.3 Å². The molecule has 20 heavy (non-hydrogen) atoms. The summed E-state index contributed by atoms with van der Waals surface area (Å²) >= 11 is 4.83. The van der Waals surface area contributed by atoms with Gasteiger partial charge in [0.2, 0.25) is 0 Å². The van der Waals surface area contributed by atoms with Gasteiger partial charge in [-0.15, -0.1) is 11.3 Å². The molecule has 2 rings (SSSR count). The van der Waals surface area contributed by atoms with E-state index in [1.807, 2.05) is 45.0 Å². The molecule has 0 fully saturated rings. The number of hydrogen-bond acceptors (Lipinski definition) is 4. The molecule has 0 amide bonds. The highest BCUT2D eigenvalue weighted by Crippen LogP contribution is 2.35. The summed E-state index contributed by atoms with van der Waals surface area (Å²) in [5, 5.41) is 0.830. The molecule has 0 spiro atoms. The maximum atomic E-state index is 11.9. The van der Waals surface area contributed by atoms with E-state index in [1.165, 1.54) is 18.4 Å². The first-order valence-corrected chi connectivity index (χ1v) is 7.79. The molecule has 0 N–H and O–H groups in total. The lowest BCUT2D eigenvalue weighted by molar-refractivity contribution is 0.0603. The largest absolute Gasteiger partial charge is 0.465 e. The Labute approximate surface area is 131 Å². The topological polar surface area (TPSA) is 39.2 Å². The average Bonchev–Trinajstić information content (AvgIpc) is 2.82. The summed E-state index contributed by atoms with van der Waals surface area (Å²) in [4.78, 5) is 17.2. The fourth-order valence-electron chi connectivity index (χ4n) is 1.80.